The van der Waals surface area contributed by atoms with E-state index in [0.29, 0.717) is 16.6 Å². The van der Waals surface area contributed by atoms with Crippen molar-refractivity contribution in [1.82, 2.24) is 15.0 Å². The number of nitrogens with one attached hydrogen (secondary N) is 1. The van der Waals surface area contributed by atoms with E-state index in [0.717, 1.165) is 10.7 Å². The fourth-order valence-corrected chi connectivity index (χ4v) is 2.85. The first-order valence-electron chi connectivity index (χ1n) is 7.98. The highest BCUT2D eigenvalue weighted by Crippen LogP contribution is 2.22. The number of fused-ring (bicyclic) bond motifs is 1. The average molecular weight is 375 g/mol. The minimum atomic E-state index is -0.886. The minimum absolute atomic E-state index is 0.105. The molecular weight excluding hydrogens is 359 g/mol. The summed E-state index contributed by atoms with van der Waals surface area (Å²) in [4.78, 5) is 25.5. The molecule has 0 radical (unpaired) electrons. The van der Waals surface area contributed by atoms with Gasteiger partial charge in [-0.2, -0.15) is 4.68 Å². The van der Waals surface area contributed by atoms with Crippen molar-refractivity contribution < 1.29 is 9.18 Å². The van der Waals surface area contributed by atoms with Gasteiger partial charge in [-0.3, -0.25) is 9.59 Å². The van der Waals surface area contributed by atoms with Gasteiger partial charge in [0.2, 0.25) is 5.91 Å². The lowest BCUT2D eigenvalue weighted by Crippen LogP contribution is -2.38. The molecule has 0 aliphatic carbocycles. The molecule has 1 amide bonds. The van der Waals surface area contributed by atoms with Crippen molar-refractivity contribution in [1.29, 1.82) is 0 Å². The van der Waals surface area contributed by atoms with Crippen LogP contribution in [0.3, 0.4) is 0 Å². The van der Waals surface area contributed by atoms with Crippen LogP contribution in [0.1, 0.15) is 19.9 Å². The Labute approximate surface area is 153 Å². The molecule has 26 heavy (non-hydrogen) atoms. The van der Waals surface area contributed by atoms with Crippen LogP contribution in [0.15, 0.2) is 47.3 Å². The molecule has 2 aromatic carbocycles. The van der Waals surface area contributed by atoms with E-state index in [1.54, 1.807) is 38.1 Å². The Morgan fingerprint density at radius 3 is 2.65 bits per heavy atom. The molecule has 1 atom stereocenters. The maximum Gasteiger partial charge on any atom is 0.278 e. The van der Waals surface area contributed by atoms with Crippen molar-refractivity contribution >= 4 is 34.1 Å². The van der Waals surface area contributed by atoms with Crippen LogP contribution in [0, 0.1) is 11.7 Å². The van der Waals surface area contributed by atoms with Gasteiger partial charge in [-0.15, -0.1) is 5.10 Å². The monoisotopic (exact) mass is 374 g/mol. The summed E-state index contributed by atoms with van der Waals surface area (Å²) in [5, 5.41) is 10.9. The van der Waals surface area contributed by atoms with E-state index in [9.17, 15) is 14.0 Å². The zero-order valence-corrected chi connectivity index (χ0v) is 14.9. The fraction of sp³-hybridized carbons (Fsp3) is 0.222. The molecule has 134 valence electrons. The van der Waals surface area contributed by atoms with Crippen LogP contribution in [-0.4, -0.2) is 20.9 Å². The van der Waals surface area contributed by atoms with Gasteiger partial charge in [-0.05, 0) is 36.2 Å². The van der Waals surface area contributed by atoms with Crippen LogP contribution in [0.2, 0.25) is 5.02 Å². The van der Waals surface area contributed by atoms with E-state index in [1.807, 2.05) is 0 Å². The Balaban J connectivity index is 1.99. The van der Waals surface area contributed by atoms with Crippen LogP contribution in [-0.2, 0) is 4.79 Å². The maximum absolute atomic E-state index is 13.3. The summed E-state index contributed by atoms with van der Waals surface area (Å²) in [5.74, 6) is -1.28. The highest BCUT2D eigenvalue weighted by Gasteiger charge is 2.27. The molecule has 8 heteroatoms. The van der Waals surface area contributed by atoms with Gasteiger partial charge in [0.15, 0.2) is 0 Å². The summed E-state index contributed by atoms with van der Waals surface area (Å²) in [6.07, 6.45) is 0. The van der Waals surface area contributed by atoms with Crippen molar-refractivity contribution in [3.05, 3.63) is 63.7 Å². The standard InChI is InChI=1S/C18H16ClFN4O2/c1-10(2)16(17(25)21-11-7-8-14(20)13(19)9-11)24-18(26)12-5-3-4-6-15(12)22-23-24/h3-10,16H,1-2H3,(H,21,25). The van der Waals surface area contributed by atoms with Gasteiger partial charge < -0.3 is 5.32 Å². The molecule has 0 spiro atoms. The molecule has 1 N–H and O–H groups in total. The van der Waals surface area contributed by atoms with Gasteiger partial charge in [0, 0.05) is 5.69 Å². The van der Waals surface area contributed by atoms with Crippen molar-refractivity contribution in [2.75, 3.05) is 5.32 Å². The number of aromatic nitrogens is 3. The molecule has 3 rings (SSSR count). The number of hydrogen-bond donors (Lipinski definition) is 1. The highest BCUT2D eigenvalue weighted by atomic mass is 35.5. The number of amides is 1. The molecule has 0 fully saturated rings. The van der Waals surface area contributed by atoms with Gasteiger partial charge in [0.25, 0.3) is 5.56 Å². The highest BCUT2D eigenvalue weighted by molar-refractivity contribution is 6.31. The van der Waals surface area contributed by atoms with Gasteiger partial charge in [-0.1, -0.05) is 42.8 Å². The zero-order valence-electron chi connectivity index (χ0n) is 14.1. The number of nitrogens with zero attached hydrogens (tertiary/aromatic N) is 3. The number of benzene rings is 2. The molecule has 1 heterocycles. The second-order valence-electron chi connectivity index (χ2n) is 6.16. The number of carbonyl (C=O) groups excluding carboxylic acids is 1. The molecular formula is C18H16ClFN4O2. The lowest BCUT2D eigenvalue weighted by atomic mass is 10.0. The fourth-order valence-electron chi connectivity index (χ4n) is 2.67. The van der Waals surface area contributed by atoms with Gasteiger partial charge in [0.05, 0.1) is 10.4 Å². The van der Waals surface area contributed by atoms with Crippen molar-refractivity contribution in [3.8, 4) is 0 Å². The third-order valence-electron chi connectivity index (χ3n) is 3.94. The van der Waals surface area contributed by atoms with E-state index in [2.05, 4.69) is 15.6 Å². The van der Waals surface area contributed by atoms with E-state index >= 15 is 0 Å². The van der Waals surface area contributed by atoms with E-state index in [-0.39, 0.29) is 10.9 Å². The molecule has 0 saturated heterocycles. The maximum atomic E-state index is 13.3. The second kappa shape index (κ2) is 7.21. The molecule has 0 bridgehead atoms. The summed E-state index contributed by atoms with van der Waals surface area (Å²) < 4.78 is 14.4. The van der Waals surface area contributed by atoms with Crippen LogP contribution >= 0.6 is 11.6 Å². The average Bonchev–Trinajstić information content (AvgIpc) is 2.60. The van der Waals surface area contributed by atoms with Crippen LogP contribution in [0.4, 0.5) is 10.1 Å². The number of anilines is 1. The number of hydrogen-bond acceptors (Lipinski definition) is 4. The number of rotatable bonds is 4. The third-order valence-corrected chi connectivity index (χ3v) is 4.23. The van der Waals surface area contributed by atoms with Crippen LogP contribution in [0.5, 0.6) is 0 Å². The quantitative estimate of drug-likeness (QED) is 0.759. The van der Waals surface area contributed by atoms with E-state index < -0.39 is 23.3 Å². The Morgan fingerprint density at radius 2 is 1.96 bits per heavy atom. The Bertz CT molecular complexity index is 1040. The summed E-state index contributed by atoms with van der Waals surface area (Å²) in [6.45, 7) is 3.59. The smallest absolute Gasteiger partial charge is 0.278 e. The first-order chi connectivity index (χ1) is 12.4. The number of carbonyl (C=O) groups is 1. The van der Waals surface area contributed by atoms with Gasteiger partial charge in [0.1, 0.15) is 17.4 Å². The third kappa shape index (κ3) is 3.43. The molecule has 0 saturated carbocycles. The molecule has 0 aliphatic heterocycles. The number of halogens is 2. The van der Waals surface area contributed by atoms with Gasteiger partial charge >= 0.3 is 0 Å². The predicted octanol–water partition coefficient (Wildman–Crippen LogP) is 3.42. The van der Waals surface area contributed by atoms with Crippen molar-refractivity contribution in [3.63, 3.8) is 0 Å². The van der Waals surface area contributed by atoms with E-state index in [4.69, 9.17) is 11.6 Å². The molecule has 6 nitrogen and oxygen atoms in total. The minimum Gasteiger partial charge on any atom is -0.324 e. The first kappa shape index (κ1) is 18.0. The second-order valence-corrected chi connectivity index (χ2v) is 6.57. The Kier molecular flexibility index (Phi) is 4.99. The normalized spacial score (nSPS) is 12.3. The molecule has 1 unspecified atom stereocenters. The Hall–Kier alpha value is -2.80. The lowest BCUT2D eigenvalue weighted by Gasteiger charge is -2.21. The van der Waals surface area contributed by atoms with Crippen LogP contribution < -0.4 is 10.9 Å². The summed E-state index contributed by atoms with van der Waals surface area (Å²) >= 11 is 5.74. The summed E-state index contributed by atoms with van der Waals surface area (Å²) in [7, 11) is 0. The SMILES string of the molecule is CC(C)C(C(=O)Nc1ccc(F)c(Cl)c1)n1nnc2ccccc2c1=O. The topological polar surface area (TPSA) is 76.9 Å². The largest absolute Gasteiger partial charge is 0.324 e. The van der Waals surface area contributed by atoms with Crippen LogP contribution in [0.25, 0.3) is 10.9 Å². The zero-order chi connectivity index (χ0) is 18.8. The van der Waals surface area contributed by atoms with E-state index in [1.165, 1.54) is 12.1 Å². The molecule has 0 aliphatic rings. The van der Waals surface area contributed by atoms with Gasteiger partial charge in [-0.25, -0.2) is 4.39 Å². The summed E-state index contributed by atoms with van der Waals surface area (Å²) in [6, 6.07) is 9.77. The van der Waals surface area contributed by atoms with Crippen molar-refractivity contribution in [2.45, 2.75) is 19.9 Å². The summed E-state index contributed by atoms with van der Waals surface area (Å²) in [5.41, 5.74) is 0.386. The molecule has 1 aromatic heterocycles. The Morgan fingerprint density at radius 1 is 1.23 bits per heavy atom. The lowest BCUT2D eigenvalue weighted by molar-refractivity contribution is -0.120. The van der Waals surface area contributed by atoms with Crippen molar-refractivity contribution in [2.24, 2.45) is 5.92 Å². The predicted molar refractivity (Wildman–Crippen MR) is 97.7 cm³/mol. The first-order valence-corrected chi connectivity index (χ1v) is 8.36. The molecule has 3 aromatic rings.